The summed E-state index contributed by atoms with van der Waals surface area (Å²) < 4.78 is 8.72. The van der Waals surface area contributed by atoms with Gasteiger partial charge in [0.05, 0.1) is 11.0 Å². The lowest BCUT2D eigenvalue weighted by molar-refractivity contribution is 0.614. The van der Waals surface area contributed by atoms with Gasteiger partial charge < -0.3 is 8.98 Å². The number of para-hydroxylation sites is 2. The lowest BCUT2D eigenvalue weighted by Crippen LogP contribution is -1.94. The molecule has 0 N–H and O–H groups in total. The van der Waals surface area contributed by atoms with Crippen molar-refractivity contribution in [1.82, 2.24) is 9.55 Å². The van der Waals surface area contributed by atoms with Crippen molar-refractivity contribution in [2.75, 3.05) is 0 Å². The van der Waals surface area contributed by atoms with E-state index in [9.17, 15) is 0 Å². The van der Waals surface area contributed by atoms with Gasteiger partial charge in [-0.1, -0.05) is 129 Å². The molecule has 0 spiro atoms. The average Bonchev–Trinajstić information content (AvgIpc) is 3.75. The van der Waals surface area contributed by atoms with Crippen LogP contribution in [0.15, 0.2) is 162 Å². The molecule has 3 heteroatoms. The Hall–Kier alpha value is -6.19. The Balaban J connectivity index is 1.07. The first-order valence-electron chi connectivity index (χ1n) is 17.4. The van der Waals surface area contributed by atoms with E-state index < -0.39 is 0 Å². The zero-order valence-corrected chi connectivity index (χ0v) is 28.2. The molecule has 0 fully saturated rings. The minimum absolute atomic E-state index is 0.664. The molecule has 0 aliphatic carbocycles. The van der Waals surface area contributed by atoms with Crippen LogP contribution in [0.1, 0.15) is 24.5 Å². The van der Waals surface area contributed by atoms with E-state index in [1.165, 1.54) is 60.8 Å². The van der Waals surface area contributed by atoms with E-state index in [2.05, 4.69) is 176 Å². The second-order valence-electron chi connectivity index (χ2n) is 13.1. The zero-order valence-electron chi connectivity index (χ0n) is 28.2. The summed E-state index contributed by atoms with van der Waals surface area (Å²) >= 11 is 0. The van der Waals surface area contributed by atoms with Crippen molar-refractivity contribution in [2.45, 2.75) is 26.7 Å². The van der Waals surface area contributed by atoms with Gasteiger partial charge >= 0.3 is 0 Å². The Bertz CT molecular complexity index is 2600. The highest BCUT2D eigenvalue weighted by molar-refractivity contribution is 6.09. The quantitative estimate of drug-likeness (QED) is 0.173. The molecule has 9 aromatic rings. The third-order valence-electron chi connectivity index (χ3n) is 9.83. The summed E-state index contributed by atoms with van der Waals surface area (Å²) in [7, 11) is 0. The van der Waals surface area contributed by atoms with Gasteiger partial charge in [-0.3, -0.25) is 0 Å². The van der Waals surface area contributed by atoms with Gasteiger partial charge in [0.25, 0.3) is 0 Å². The van der Waals surface area contributed by atoms with E-state index in [0.29, 0.717) is 5.89 Å². The average molecular weight is 645 g/mol. The topological polar surface area (TPSA) is 31.0 Å². The number of fused-ring (bicyclic) bond motifs is 4. The predicted octanol–water partition coefficient (Wildman–Crippen LogP) is 12.9. The van der Waals surface area contributed by atoms with Gasteiger partial charge in [0.2, 0.25) is 5.89 Å². The highest BCUT2D eigenvalue weighted by atomic mass is 16.3. The molecule has 0 aliphatic rings. The number of oxazole rings is 1. The standard InChI is InChI=1S/C47H36N2O/c1-3-12-35-29-31(2)30-43-46(35)50-47(48-43)34-23-21-32(22-24-34)37-13-4-6-15-39(37)40-16-7-5-14-38(40)33-25-27-36(28-26-33)49-44-19-10-8-17-41(44)42-18-9-11-20-45(42)49/h4-11,13-30H,3,12H2,1-2H3. The molecule has 9 rings (SSSR count). The minimum atomic E-state index is 0.664. The second-order valence-corrected chi connectivity index (χ2v) is 13.1. The Kier molecular flexibility index (Phi) is 7.39. The molecule has 0 bridgehead atoms. The van der Waals surface area contributed by atoms with Crippen LogP contribution in [0.2, 0.25) is 0 Å². The molecule has 7 aromatic carbocycles. The number of aromatic nitrogens is 2. The summed E-state index contributed by atoms with van der Waals surface area (Å²) in [4.78, 5) is 4.88. The third-order valence-corrected chi connectivity index (χ3v) is 9.83. The molecule has 240 valence electrons. The maximum absolute atomic E-state index is 6.36. The molecule has 0 saturated carbocycles. The van der Waals surface area contributed by atoms with E-state index in [1.54, 1.807) is 0 Å². The van der Waals surface area contributed by atoms with E-state index in [1.807, 2.05) is 0 Å². The first-order chi connectivity index (χ1) is 24.7. The highest BCUT2D eigenvalue weighted by Crippen LogP contribution is 2.40. The normalized spacial score (nSPS) is 11.6. The van der Waals surface area contributed by atoms with Crippen LogP contribution in [0.3, 0.4) is 0 Å². The summed E-state index contributed by atoms with van der Waals surface area (Å²) in [5, 5.41) is 2.54. The van der Waals surface area contributed by atoms with Gasteiger partial charge in [-0.05, 0) is 100 Å². The smallest absolute Gasteiger partial charge is 0.227 e. The largest absolute Gasteiger partial charge is 0.436 e. The number of hydrogen-bond acceptors (Lipinski definition) is 2. The van der Waals surface area contributed by atoms with Crippen LogP contribution >= 0.6 is 0 Å². The van der Waals surface area contributed by atoms with Gasteiger partial charge in [0, 0.05) is 22.0 Å². The molecule has 50 heavy (non-hydrogen) atoms. The lowest BCUT2D eigenvalue weighted by atomic mass is 9.89. The van der Waals surface area contributed by atoms with Gasteiger partial charge in [-0.2, -0.15) is 0 Å². The van der Waals surface area contributed by atoms with Crippen LogP contribution in [-0.2, 0) is 6.42 Å². The molecule has 2 aromatic heterocycles. The monoisotopic (exact) mass is 644 g/mol. The molecule has 2 heterocycles. The molecule has 0 amide bonds. The van der Waals surface area contributed by atoms with Gasteiger partial charge in [-0.15, -0.1) is 0 Å². The Morgan fingerprint density at radius 1 is 0.540 bits per heavy atom. The molecular formula is C47H36N2O. The molecule has 0 atom stereocenters. The number of nitrogens with zero attached hydrogens (tertiary/aromatic N) is 2. The molecule has 0 saturated heterocycles. The number of benzene rings is 7. The summed E-state index contributed by atoms with van der Waals surface area (Å²) in [6.45, 7) is 4.32. The Morgan fingerprint density at radius 2 is 1.04 bits per heavy atom. The SMILES string of the molecule is CCCc1cc(C)cc2nc(-c3ccc(-c4ccccc4-c4ccccc4-c4ccc(-n5c6ccccc6c6ccccc65)cc4)cc3)oc12. The highest BCUT2D eigenvalue weighted by Gasteiger charge is 2.16. The molecule has 0 radical (unpaired) electrons. The lowest BCUT2D eigenvalue weighted by Gasteiger charge is -2.15. The fraction of sp³-hybridized carbons (Fsp3) is 0.0851. The van der Waals surface area contributed by atoms with E-state index in [-0.39, 0.29) is 0 Å². The summed E-state index contributed by atoms with van der Waals surface area (Å²) in [6.07, 6.45) is 2.05. The van der Waals surface area contributed by atoms with Crippen LogP contribution in [0.25, 0.3) is 83.4 Å². The van der Waals surface area contributed by atoms with E-state index >= 15 is 0 Å². The third kappa shape index (κ3) is 5.10. The van der Waals surface area contributed by atoms with Crippen molar-refractivity contribution in [3.63, 3.8) is 0 Å². The van der Waals surface area contributed by atoms with E-state index in [0.717, 1.165) is 40.8 Å². The van der Waals surface area contributed by atoms with Crippen molar-refractivity contribution >= 4 is 32.9 Å². The summed E-state index contributed by atoms with van der Waals surface area (Å²) in [5.41, 5.74) is 16.0. The fourth-order valence-electron chi connectivity index (χ4n) is 7.56. The maximum Gasteiger partial charge on any atom is 0.227 e. The van der Waals surface area contributed by atoms with Gasteiger partial charge in [0.1, 0.15) is 5.52 Å². The summed E-state index contributed by atoms with van der Waals surface area (Å²) in [5.74, 6) is 0.664. The van der Waals surface area contributed by atoms with Gasteiger partial charge in [-0.25, -0.2) is 4.98 Å². The molecule has 0 unspecified atom stereocenters. The van der Waals surface area contributed by atoms with Crippen LogP contribution in [0.4, 0.5) is 0 Å². The Labute approximate surface area is 292 Å². The van der Waals surface area contributed by atoms with Crippen molar-refractivity contribution in [1.29, 1.82) is 0 Å². The zero-order chi connectivity index (χ0) is 33.6. The van der Waals surface area contributed by atoms with Crippen LogP contribution in [0, 0.1) is 6.92 Å². The summed E-state index contributed by atoms with van der Waals surface area (Å²) in [6, 6.07) is 56.7. The van der Waals surface area contributed by atoms with Crippen molar-refractivity contribution in [3.05, 3.63) is 169 Å². The van der Waals surface area contributed by atoms with Crippen molar-refractivity contribution in [2.24, 2.45) is 0 Å². The molecule has 0 aliphatic heterocycles. The molecule has 3 nitrogen and oxygen atoms in total. The van der Waals surface area contributed by atoms with Crippen LogP contribution in [0.5, 0.6) is 0 Å². The van der Waals surface area contributed by atoms with Crippen molar-refractivity contribution < 1.29 is 4.42 Å². The van der Waals surface area contributed by atoms with E-state index in [4.69, 9.17) is 9.40 Å². The fourth-order valence-corrected chi connectivity index (χ4v) is 7.56. The van der Waals surface area contributed by atoms with Crippen molar-refractivity contribution in [3.8, 4) is 50.5 Å². The Morgan fingerprint density at radius 3 is 1.62 bits per heavy atom. The van der Waals surface area contributed by atoms with Crippen LogP contribution in [-0.4, -0.2) is 9.55 Å². The molecular weight excluding hydrogens is 609 g/mol. The number of hydrogen-bond donors (Lipinski definition) is 0. The number of aryl methyl sites for hydroxylation is 2. The van der Waals surface area contributed by atoms with Gasteiger partial charge in [0.15, 0.2) is 5.58 Å². The first-order valence-corrected chi connectivity index (χ1v) is 17.4. The minimum Gasteiger partial charge on any atom is -0.436 e. The predicted molar refractivity (Wildman–Crippen MR) is 209 cm³/mol. The number of rotatable bonds is 7. The maximum atomic E-state index is 6.36. The first kappa shape index (κ1) is 29.9. The van der Waals surface area contributed by atoms with Crippen LogP contribution < -0.4 is 0 Å². The second kappa shape index (κ2) is 12.4.